The van der Waals surface area contributed by atoms with Gasteiger partial charge in [-0.05, 0) is 11.6 Å². The summed E-state index contributed by atoms with van der Waals surface area (Å²) >= 11 is 0. The number of aliphatic imine (C=N–C) groups is 1. The fourth-order valence-corrected chi connectivity index (χ4v) is 1.97. The van der Waals surface area contributed by atoms with Gasteiger partial charge in [0.05, 0.1) is 0 Å². The molecular weight excluding hydrogens is 266 g/mol. The predicted molar refractivity (Wildman–Crippen MR) is 81.6 cm³/mol. The van der Waals surface area contributed by atoms with E-state index in [1.54, 1.807) is 6.20 Å². The Balaban J connectivity index is 2.10. The van der Waals surface area contributed by atoms with Gasteiger partial charge in [-0.2, -0.15) is 0 Å². The van der Waals surface area contributed by atoms with E-state index in [1.165, 1.54) is 6.92 Å². The summed E-state index contributed by atoms with van der Waals surface area (Å²) in [6.07, 6.45) is 2.37. The summed E-state index contributed by atoms with van der Waals surface area (Å²) in [5, 5.41) is 0. The second-order valence-electron chi connectivity index (χ2n) is 4.43. The van der Waals surface area contributed by atoms with Gasteiger partial charge in [0, 0.05) is 37.3 Å². The number of amidine groups is 1. The van der Waals surface area contributed by atoms with Crippen LogP contribution in [0.25, 0.3) is 11.1 Å². The number of aromatic nitrogens is 1. The van der Waals surface area contributed by atoms with Crippen molar-refractivity contribution < 1.29 is 9.53 Å². The summed E-state index contributed by atoms with van der Waals surface area (Å²) in [4.78, 5) is 19.1. The summed E-state index contributed by atoms with van der Waals surface area (Å²) < 4.78 is 4.67. The van der Waals surface area contributed by atoms with E-state index in [9.17, 15) is 4.79 Å². The highest BCUT2D eigenvalue weighted by Gasteiger charge is 2.05. The molecule has 5 nitrogen and oxygen atoms in total. The molecule has 0 saturated heterocycles. The molecule has 0 atom stereocenters. The Hall–Kier alpha value is -2.69. The minimum absolute atomic E-state index is 0.111. The zero-order valence-electron chi connectivity index (χ0n) is 11.8. The highest BCUT2D eigenvalue weighted by molar-refractivity contribution is 5.85. The maximum absolute atomic E-state index is 10.7. The predicted octanol–water partition coefficient (Wildman–Crippen LogP) is 2.17. The maximum atomic E-state index is 10.7. The van der Waals surface area contributed by atoms with E-state index >= 15 is 0 Å². The van der Waals surface area contributed by atoms with Gasteiger partial charge in [-0.1, -0.05) is 36.4 Å². The van der Waals surface area contributed by atoms with Crippen molar-refractivity contribution in [2.45, 2.75) is 13.3 Å². The molecule has 2 N–H and O–H groups in total. The normalized spacial score (nSPS) is 11.2. The fourth-order valence-electron chi connectivity index (χ4n) is 1.97. The van der Waals surface area contributed by atoms with Crippen molar-refractivity contribution in [3.05, 3.63) is 54.4 Å². The molecule has 0 aliphatic carbocycles. The average Bonchev–Trinajstić information content (AvgIpc) is 2.48. The lowest BCUT2D eigenvalue weighted by Crippen LogP contribution is -2.19. The van der Waals surface area contributed by atoms with Crippen LogP contribution >= 0.6 is 0 Å². The number of carbonyl (C=O) groups excluding carboxylic acids is 1. The van der Waals surface area contributed by atoms with Crippen LogP contribution in [-0.2, 0) is 16.0 Å². The van der Waals surface area contributed by atoms with Crippen LogP contribution < -0.4 is 5.73 Å². The number of carbonyl (C=O) groups is 1. The van der Waals surface area contributed by atoms with Crippen LogP contribution in [0.15, 0.2) is 53.7 Å². The number of esters is 1. The van der Waals surface area contributed by atoms with Gasteiger partial charge in [-0.25, -0.2) is 4.99 Å². The highest BCUT2D eigenvalue weighted by atomic mass is 16.5. The third kappa shape index (κ3) is 4.42. The summed E-state index contributed by atoms with van der Waals surface area (Å²) in [7, 11) is 0. The van der Waals surface area contributed by atoms with Crippen molar-refractivity contribution in [1.82, 2.24) is 4.98 Å². The highest BCUT2D eigenvalue weighted by Crippen LogP contribution is 2.21. The molecule has 0 amide bonds. The van der Waals surface area contributed by atoms with Gasteiger partial charge in [0.2, 0.25) is 0 Å². The Morgan fingerprint density at radius 2 is 2.00 bits per heavy atom. The van der Waals surface area contributed by atoms with Crippen LogP contribution in [0.2, 0.25) is 0 Å². The van der Waals surface area contributed by atoms with E-state index in [1.807, 2.05) is 42.5 Å². The van der Waals surface area contributed by atoms with Crippen molar-refractivity contribution in [3.8, 4) is 11.1 Å². The number of pyridine rings is 1. The first-order chi connectivity index (χ1) is 10.2. The first-order valence-corrected chi connectivity index (χ1v) is 6.64. The number of hydrogen-bond donors (Lipinski definition) is 1. The molecule has 1 heterocycles. The monoisotopic (exact) mass is 283 g/mol. The lowest BCUT2D eigenvalue weighted by Gasteiger charge is -2.07. The number of nitrogens with two attached hydrogens (primary N) is 1. The third-order valence-electron chi connectivity index (χ3n) is 2.84. The van der Waals surface area contributed by atoms with Gasteiger partial charge in [0.15, 0.2) is 0 Å². The SMILES string of the molecule is CC(=O)OC(N)=NCCc1ncccc1-c1ccccc1. The molecule has 0 bridgehead atoms. The molecule has 0 saturated carbocycles. The molecule has 0 radical (unpaired) electrons. The van der Waals surface area contributed by atoms with Gasteiger partial charge in [-0.15, -0.1) is 0 Å². The van der Waals surface area contributed by atoms with Crippen LogP contribution in [0.4, 0.5) is 0 Å². The number of nitrogens with zero attached hydrogens (tertiary/aromatic N) is 2. The Kier molecular flexibility index (Phi) is 5.04. The van der Waals surface area contributed by atoms with Crippen LogP contribution in [0.3, 0.4) is 0 Å². The van der Waals surface area contributed by atoms with Crippen LogP contribution in [0.5, 0.6) is 0 Å². The van der Waals surface area contributed by atoms with Gasteiger partial charge < -0.3 is 10.5 Å². The number of benzene rings is 1. The average molecular weight is 283 g/mol. The van der Waals surface area contributed by atoms with Crippen LogP contribution in [0.1, 0.15) is 12.6 Å². The molecular formula is C16H17N3O2. The Bertz CT molecular complexity index is 639. The lowest BCUT2D eigenvalue weighted by atomic mass is 10.0. The Labute approximate surface area is 123 Å². The summed E-state index contributed by atoms with van der Waals surface area (Å²) in [5.74, 6) is -0.473. The first-order valence-electron chi connectivity index (χ1n) is 6.64. The second-order valence-corrected chi connectivity index (χ2v) is 4.43. The van der Waals surface area contributed by atoms with E-state index in [2.05, 4.69) is 14.7 Å². The van der Waals surface area contributed by atoms with Gasteiger partial charge in [0.1, 0.15) is 0 Å². The summed E-state index contributed by atoms with van der Waals surface area (Å²) in [6.45, 7) is 1.70. The van der Waals surface area contributed by atoms with Crippen LogP contribution in [0, 0.1) is 0 Å². The van der Waals surface area contributed by atoms with E-state index < -0.39 is 5.97 Å². The van der Waals surface area contributed by atoms with E-state index in [-0.39, 0.29) is 6.02 Å². The molecule has 0 spiro atoms. The maximum Gasteiger partial charge on any atom is 0.310 e. The Morgan fingerprint density at radius 3 is 2.71 bits per heavy atom. The molecule has 5 heteroatoms. The van der Waals surface area contributed by atoms with E-state index in [4.69, 9.17) is 5.73 Å². The summed E-state index contributed by atoms with van der Waals surface area (Å²) in [6, 6.07) is 13.8. The molecule has 0 fully saturated rings. The van der Waals surface area contributed by atoms with Crippen molar-refractivity contribution in [2.24, 2.45) is 10.7 Å². The number of hydrogen-bond acceptors (Lipinski definition) is 4. The number of ether oxygens (including phenoxy) is 1. The minimum Gasteiger partial charge on any atom is -0.393 e. The van der Waals surface area contributed by atoms with Gasteiger partial charge in [0.25, 0.3) is 6.02 Å². The van der Waals surface area contributed by atoms with Crippen molar-refractivity contribution in [1.29, 1.82) is 0 Å². The topological polar surface area (TPSA) is 77.6 Å². The van der Waals surface area contributed by atoms with E-state index in [0.29, 0.717) is 13.0 Å². The molecule has 0 aliphatic rings. The molecule has 108 valence electrons. The lowest BCUT2D eigenvalue weighted by molar-refractivity contribution is -0.133. The quantitative estimate of drug-likeness (QED) is 0.530. The van der Waals surface area contributed by atoms with Crippen molar-refractivity contribution >= 4 is 12.0 Å². The minimum atomic E-state index is -0.473. The molecule has 2 aromatic rings. The molecule has 1 aromatic heterocycles. The zero-order chi connectivity index (χ0) is 15.1. The van der Waals surface area contributed by atoms with E-state index in [0.717, 1.165) is 16.8 Å². The second kappa shape index (κ2) is 7.19. The largest absolute Gasteiger partial charge is 0.393 e. The summed E-state index contributed by atoms with van der Waals surface area (Å²) in [5.41, 5.74) is 8.59. The first kappa shape index (κ1) is 14.7. The van der Waals surface area contributed by atoms with Crippen LogP contribution in [-0.4, -0.2) is 23.5 Å². The number of rotatable bonds is 4. The molecule has 2 rings (SSSR count). The standard InChI is InChI=1S/C16H17N3O2/c1-12(20)21-16(17)19-11-9-15-14(8-5-10-18-15)13-6-3-2-4-7-13/h2-8,10H,9,11H2,1H3,(H2,17,19). The molecule has 0 aliphatic heterocycles. The smallest absolute Gasteiger partial charge is 0.310 e. The zero-order valence-corrected chi connectivity index (χ0v) is 11.8. The molecule has 21 heavy (non-hydrogen) atoms. The fraction of sp³-hybridized carbons (Fsp3) is 0.188. The third-order valence-corrected chi connectivity index (χ3v) is 2.84. The molecule has 0 unspecified atom stereocenters. The Morgan fingerprint density at radius 1 is 1.24 bits per heavy atom. The van der Waals surface area contributed by atoms with Crippen molar-refractivity contribution in [2.75, 3.05) is 6.54 Å². The van der Waals surface area contributed by atoms with Crippen molar-refractivity contribution in [3.63, 3.8) is 0 Å². The molecule has 1 aromatic carbocycles. The van der Waals surface area contributed by atoms with Gasteiger partial charge in [-0.3, -0.25) is 9.78 Å². The van der Waals surface area contributed by atoms with Gasteiger partial charge >= 0.3 is 5.97 Å².